The molecule has 0 aromatic carbocycles. The Morgan fingerprint density at radius 3 is 2.71 bits per heavy atom. The molecule has 0 aromatic heterocycles. The molecule has 0 radical (unpaired) electrons. The Kier molecular flexibility index (Phi) is 4.57. The van der Waals surface area contributed by atoms with Crippen molar-refractivity contribution >= 4 is 22.0 Å². The molecule has 0 aromatic rings. The largest absolute Gasteiger partial charge is 0.481 e. The third kappa shape index (κ3) is 3.06. The number of rotatable bonds is 6. The van der Waals surface area contributed by atoms with Crippen molar-refractivity contribution in [3.05, 3.63) is 0 Å². The van der Waals surface area contributed by atoms with Gasteiger partial charge in [0.05, 0.1) is 18.3 Å². The summed E-state index contributed by atoms with van der Waals surface area (Å²) in [5, 5.41) is 9.46. The molecular formula is C13H21NO6S. The van der Waals surface area contributed by atoms with Gasteiger partial charge in [-0.05, 0) is 25.2 Å². The van der Waals surface area contributed by atoms with Crippen LogP contribution in [0.1, 0.15) is 32.1 Å². The van der Waals surface area contributed by atoms with E-state index in [9.17, 15) is 23.1 Å². The minimum absolute atomic E-state index is 0.0527. The molecule has 21 heavy (non-hydrogen) atoms. The number of carbonyl (C=O) groups is 2. The number of carboxylic acid groups (broad SMARTS) is 1. The summed E-state index contributed by atoms with van der Waals surface area (Å²) in [6.45, 7) is 0.348. The topological polar surface area (TPSA) is 101 Å². The van der Waals surface area contributed by atoms with E-state index in [1.54, 1.807) is 0 Å². The lowest BCUT2D eigenvalue weighted by molar-refractivity contribution is -0.149. The third-order valence-electron chi connectivity index (χ3n) is 4.67. The fourth-order valence-corrected chi connectivity index (χ4v) is 5.04. The lowest BCUT2D eigenvalue weighted by Crippen LogP contribution is -2.38. The lowest BCUT2D eigenvalue weighted by atomic mass is 9.81. The van der Waals surface area contributed by atoms with Crippen molar-refractivity contribution in [2.24, 2.45) is 11.3 Å². The maximum atomic E-state index is 12.3. The number of sulfonamides is 1. The second-order valence-corrected chi connectivity index (χ2v) is 7.93. The van der Waals surface area contributed by atoms with Gasteiger partial charge in [0, 0.05) is 19.5 Å². The highest BCUT2D eigenvalue weighted by atomic mass is 32.2. The second-order valence-electron chi connectivity index (χ2n) is 5.84. The average Bonchev–Trinajstić information content (AvgIpc) is 2.95. The van der Waals surface area contributed by atoms with E-state index in [0.717, 1.165) is 12.8 Å². The number of ether oxygens (including phenoxy) is 1. The molecule has 2 aliphatic rings. The molecular weight excluding hydrogens is 298 g/mol. The van der Waals surface area contributed by atoms with Crippen molar-refractivity contribution in [2.45, 2.75) is 32.1 Å². The van der Waals surface area contributed by atoms with Gasteiger partial charge >= 0.3 is 11.9 Å². The predicted molar refractivity (Wildman–Crippen MR) is 74.0 cm³/mol. The first-order chi connectivity index (χ1) is 9.82. The zero-order chi connectivity index (χ0) is 15.7. The first-order valence-electron chi connectivity index (χ1n) is 7.10. The number of hydrogen-bond acceptors (Lipinski definition) is 5. The van der Waals surface area contributed by atoms with Gasteiger partial charge in [0.1, 0.15) is 0 Å². The Morgan fingerprint density at radius 1 is 1.43 bits per heavy atom. The smallest absolute Gasteiger partial charge is 0.311 e. The van der Waals surface area contributed by atoms with Gasteiger partial charge in [-0.15, -0.1) is 0 Å². The summed E-state index contributed by atoms with van der Waals surface area (Å²) in [6.07, 6.45) is 2.39. The van der Waals surface area contributed by atoms with Gasteiger partial charge in [-0.3, -0.25) is 9.59 Å². The van der Waals surface area contributed by atoms with Crippen LogP contribution < -0.4 is 0 Å². The lowest BCUT2D eigenvalue weighted by Gasteiger charge is -2.23. The van der Waals surface area contributed by atoms with Crippen LogP contribution in [0, 0.1) is 11.3 Å². The van der Waals surface area contributed by atoms with Gasteiger partial charge in [0.25, 0.3) is 0 Å². The van der Waals surface area contributed by atoms with Gasteiger partial charge in [0.15, 0.2) is 0 Å². The van der Waals surface area contributed by atoms with Crippen molar-refractivity contribution in [1.82, 2.24) is 4.31 Å². The molecule has 7 nitrogen and oxygen atoms in total. The molecule has 0 bridgehead atoms. The van der Waals surface area contributed by atoms with E-state index >= 15 is 0 Å². The highest BCUT2D eigenvalue weighted by Gasteiger charge is 2.56. The van der Waals surface area contributed by atoms with Crippen molar-refractivity contribution in [1.29, 1.82) is 0 Å². The van der Waals surface area contributed by atoms with Crippen LogP contribution in [0.25, 0.3) is 0 Å². The maximum absolute atomic E-state index is 12.3. The molecule has 0 spiro atoms. The molecule has 2 fully saturated rings. The van der Waals surface area contributed by atoms with Crippen LogP contribution in [0.3, 0.4) is 0 Å². The summed E-state index contributed by atoms with van der Waals surface area (Å²) in [5.41, 5.74) is -0.907. The Morgan fingerprint density at radius 2 is 2.14 bits per heavy atom. The normalized spacial score (nSPS) is 29.3. The highest BCUT2D eigenvalue weighted by Crippen LogP contribution is 2.49. The van der Waals surface area contributed by atoms with Crippen molar-refractivity contribution in [3.8, 4) is 0 Å². The van der Waals surface area contributed by atoms with Crippen LogP contribution in [0.2, 0.25) is 0 Å². The van der Waals surface area contributed by atoms with E-state index in [4.69, 9.17) is 0 Å². The fraction of sp³-hybridized carbons (Fsp3) is 0.846. The van der Waals surface area contributed by atoms with E-state index < -0.39 is 27.4 Å². The Balaban J connectivity index is 2.00. The number of carbonyl (C=O) groups excluding carboxylic acids is 1. The maximum Gasteiger partial charge on any atom is 0.311 e. The molecule has 0 unspecified atom stereocenters. The monoisotopic (exact) mass is 319 g/mol. The molecule has 1 aliphatic heterocycles. The molecule has 2 atom stereocenters. The quantitative estimate of drug-likeness (QED) is 0.714. The molecule has 8 heteroatoms. The molecule has 1 heterocycles. The summed E-state index contributed by atoms with van der Waals surface area (Å²) in [6, 6.07) is 0. The zero-order valence-electron chi connectivity index (χ0n) is 12.1. The number of esters is 1. The standard InChI is InChI=1S/C13H21NO6S/c1-20-11(15)5-3-7-21(18,19)14-8-10-4-2-6-13(10,9-14)12(16)17/h10H,2-9H2,1H3,(H,16,17)/t10-,13+/m0/s1. The van der Waals surface area contributed by atoms with Crippen LogP contribution in [0.5, 0.6) is 0 Å². The average molecular weight is 319 g/mol. The SMILES string of the molecule is COC(=O)CCCS(=O)(=O)N1C[C@@H]2CCC[C@@]2(C(=O)O)C1. The minimum Gasteiger partial charge on any atom is -0.481 e. The van der Waals surface area contributed by atoms with Crippen molar-refractivity contribution in [2.75, 3.05) is 26.0 Å². The van der Waals surface area contributed by atoms with Gasteiger partial charge in [0.2, 0.25) is 10.0 Å². The molecule has 1 saturated carbocycles. The van der Waals surface area contributed by atoms with Crippen LogP contribution in [-0.4, -0.2) is 55.7 Å². The van der Waals surface area contributed by atoms with E-state index in [0.29, 0.717) is 6.42 Å². The summed E-state index contributed by atoms with van der Waals surface area (Å²) in [7, 11) is -2.26. The Labute approximate surface area is 124 Å². The number of nitrogens with zero attached hydrogens (tertiary/aromatic N) is 1. The van der Waals surface area contributed by atoms with E-state index in [-0.39, 0.29) is 37.6 Å². The van der Waals surface area contributed by atoms with Crippen LogP contribution >= 0.6 is 0 Å². The number of hydrogen-bond donors (Lipinski definition) is 1. The predicted octanol–water partition coefficient (Wildman–Crippen LogP) is 0.456. The van der Waals surface area contributed by atoms with Crippen molar-refractivity contribution in [3.63, 3.8) is 0 Å². The minimum atomic E-state index is -3.52. The Hall–Kier alpha value is -1.15. The van der Waals surface area contributed by atoms with Crippen LogP contribution in [0.4, 0.5) is 0 Å². The second kappa shape index (κ2) is 5.92. The Bertz CT molecular complexity index is 531. The van der Waals surface area contributed by atoms with Crippen molar-refractivity contribution < 1.29 is 27.9 Å². The van der Waals surface area contributed by atoms with Gasteiger partial charge in [-0.2, -0.15) is 0 Å². The van der Waals surface area contributed by atoms with E-state index in [1.807, 2.05) is 0 Å². The van der Waals surface area contributed by atoms with Crippen LogP contribution in [0.15, 0.2) is 0 Å². The molecule has 1 saturated heterocycles. The third-order valence-corrected chi connectivity index (χ3v) is 6.54. The molecule has 1 N–H and O–H groups in total. The van der Waals surface area contributed by atoms with E-state index in [2.05, 4.69) is 4.74 Å². The van der Waals surface area contributed by atoms with Gasteiger partial charge < -0.3 is 9.84 Å². The first kappa shape index (κ1) is 16.2. The summed E-state index contributed by atoms with van der Waals surface area (Å²) in [4.78, 5) is 22.5. The first-order valence-corrected chi connectivity index (χ1v) is 8.71. The number of fused-ring (bicyclic) bond motifs is 1. The molecule has 2 rings (SSSR count). The van der Waals surface area contributed by atoms with Crippen LogP contribution in [-0.2, 0) is 24.3 Å². The molecule has 0 amide bonds. The fourth-order valence-electron chi connectivity index (χ4n) is 3.43. The number of methoxy groups -OCH3 is 1. The van der Waals surface area contributed by atoms with Gasteiger partial charge in [-0.1, -0.05) is 6.42 Å². The molecule has 1 aliphatic carbocycles. The summed E-state index contributed by atoms with van der Waals surface area (Å²) >= 11 is 0. The summed E-state index contributed by atoms with van der Waals surface area (Å²) < 4.78 is 30.3. The molecule has 120 valence electrons. The number of carboxylic acids is 1. The highest BCUT2D eigenvalue weighted by molar-refractivity contribution is 7.89. The zero-order valence-corrected chi connectivity index (χ0v) is 12.9. The van der Waals surface area contributed by atoms with Gasteiger partial charge in [-0.25, -0.2) is 12.7 Å². The summed E-state index contributed by atoms with van der Waals surface area (Å²) in [5.74, 6) is -1.57. The number of aliphatic carboxylic acids is 1. The van der Waals surface area contributed by atoms with E-state index in [1.165, 1.54) is 11.4 Å².